The SMILES string of the molecule is CCN(CC)[P@]1(=S)C2=C([NH+]3CCCCC3)CC(C)(C)C=C2NN1c1ccccc1. The summed E-state index contributed by atoms with van der Waals surface area (Å²) in [7, 11) is 0. The molecule has 2 fully saturated rings. The first-order chi connectivity index (χ1) is 13.9. The molecule has 0 amide bonds. The summed E-state index contributed by atoms with van der Waals surface area (Å²) in [4.78, 5) is 1.68. The van der Waals surface area contributed by atoms with Gasteiger partial charge >= 0.3 is 0 Å². The maximum atomic E-state index is 6.70. The molecule has 3 aliphatic rings. The Morgan fingerprint density at radius 1 is 1.10 bits per heavy atom. The number of hydrogen-bond donors (Lipinski definition) is 2. The Hall–Kier alpha value is -1.13. The number of quaternary nitrogens is 1. The number of anilines is 1. The van der Waals surface area contributed by atoms with Crippen molar-refractivity contribution in [2.45, 2.75) is 53.4 Å². The molecule has 1 atom stereocenters. The second-order valence-corrected chi connectivity index (χ2v) is 13.2. The van der Waals surface area contributed by atoms with Crippen molar-refractivity contribution in [3.05, 3.63) is 53.1 Å². The van der Waals surface area contributed by atoms with E-state index in [2.05, 4.69) is 79.0 Å². The maximum absolute atomic E-state index is 6.70. The molecule has 2 N–H and O–H groups in total. The van der Waals surface area contributed by atoms with E-state index in [0.717, 1.165) is 19.5 Å². The molecule has 2 saturated heterocycles. The molecule has 0 bridgehead atoms. The van der Waals surface area contributed by atoms with Gasteiger partial charge in [-0.05, 0) is 36.8 Å². The molecule has 0 saturated carbocycles. The van der Waals surface area contributed by atoms with E-state index in [0.29, 0.717) is 0 Å². The van der Waals surface area contributed by atoms with Crippen LogP contribution in [0.5, 0.6) is 0 Å². The van der Waals surface area contributed by atoms with Gasteiger partial charge in [-0.25, -0.2) is 4.78 Å². The first-order valence-electron chi connectivity index (χ1n) is 11.2. The third kappa shape index (κ3) is 3.72. The molecule has 1 aliphatic carbocycles. The fraction of sp³-hybridized carbons (Fsp3) is 0.565. The van der Waals surface area contributed by atoms with Crippen LogP contribution in [0.1, 0.15) is 53.4 Å². The fourth-order valence-corrected chi connectivity index (χ4v) is 10.1. The van der Waals surface area contributed by atoms with E-state index in [-0.39, 0.29) is 5.41 Å². The van der Waals surface area contributed by atoms with Gasteiger partial charge in [0.05, 0.1) is 24.5 Å². The summed E-state index contributed by atoms with van der Waals surface area (Å²) in [5.41, 5.74) is 7.99. The first kappa shape index (κ1) is 21.1. The molecule has 1 aromatic carbocycles. The topological polar surface area (TPSA) is 23.0 Å². The second-order valence-electron chi connectivity index (χ2n) is 9.16. The zero-order chi connectivity index (χ0) is 20.6. The summed E-state index contributed by atoms with van der Waals surface area (Å²) in [5.74, 6) is 0. The Morgan fingerprint density at radius 2 is 1.76 bits per heavy atom. The lowest BCUT2D eigenvalue weighted by molar-refractivity contribution is -0.868. The number of hydrazine groups is 1. The van der Waals surface area contributed by atoms with Gasteiger partial charge in [-0.1, -0.05) is 63.8 Å². The minimum atomic E-state index is -2.14. The molecule has 2 heterocycles. The molecular formula is C23H36N4PS+. The van der Waals surface area contributed by atoms with Gasteiger partial charge in [-0.15, -0.1) is 0 Å². The smallest absolute Gasteiger partial charge is 0.156 e. The zero-order valence-corrected chi connectivity index (χ0v) is 20.1. The van der Waals surface area contributed by atoms with Gasteiger partial charge in [-0.3, -0.25) is 10.1 Å². The van der Waals surface area contributed by atoms with Crippen LogP contribution in [0.2, 0.25) is 0 Å². The van der Waals surface area contributed by atoms with Gasteiger partial charge in [0.2, 0.25) is 0 Å². The monoisotopic (exact) mass is 431 g/mol. The Morgan fingerprint density at radius 3 is 2.38 bits per heavy atom. The van der Waals surface area contributed by atoms with Gasteiger partial charge in [-0.2, -0.15) is 0 Å². The molecule has 0 aromatic heterocycles. The lowest BCUT2D eigenvalue weighted by Crippen LogP contribution is -3.11. The third-order valence-electron chi connectivity index (χ3n) is 6.50. The van der Waals surface area contributed by atoms with Gasteiger partial charge < -0.3 is 4.90 Å². The molecule has 0 unspecified atom stereocenters. The van der Waals surface area contributed by atoms with E-state index in [4.69, 9.17) is 11.8 Å². The van der Waals surface area contributed by atoms with Crippen LogP contribution in [-0.2, 0) is 11.8 Å². The number of benzene rings is 1. The van der Waals surface area contributed by atoms with Crippen LogP contribution < -0.4 is 15.1 Å². The number of allylic oxidation sites excluding steroid dienone is 3. The number of piperidine rings is 1. The van der Waals surface area contributed by atoms with Gasteiger partial charge in [0.25, 0.3) is 0 Å². The molecule has 2 aliphatic heterocycles. The fourth-order valence-electron chi connectivity index (χ4n) is 5.15. The second kappa shape index (κ2) is 8.19. The largest absolute Gasteiger partial charge is 0.305 e. The predicted molar refractivity (Wildman–Crippen MR) is 127 cm³/mol. The van der Waals surface area contributed by atoms with Crippen LogP contribution in [0, 0.1) is 5.41 Å². The van der Waals surface area contributed by atoms with E-state index in [1.807, 2.05) is 0 Å². The minimum Gasteiger partial charge on any atom is -0.305 e. The molecule has 158 valence electrons. The highest BCUT2D eigenvalue weighted by Gasteiger charge is 2.50. The quantitative estimate of drug-likeness (QED) is 0.680. The number of rotatable bonds is 5. The third-order valence-corrected chi connectivity index (χ3v) is 11.5. The summed E-state index contributed by atoms with van der Waals surface area (Å²) >= 11 is 6.70. The van der Waals surface area contributed by atoms with Crippen LogP contribution in [0.25, 0.3) is 0 Å². The van der Waals surface area contributed by atoms with Gasteiger partial charge in [0.1, 0.15) is 11.0 Å². The number of hydrogen-bond acceptors (Lipinski definition) is 2. The van der Waals surface area contributed by atoms with Crippen molar-refractivity contribution < 1.29 is 4.90 Å². The number of nitrogens with one attached hydrogen (secondary N) is 2. The molecule has 29 heavy (non-hydrogen) atoms. The van der Waals surface area contributed by atoms with E-state index < -0.39 is 6.34 Å². The average Bonchev–Trinajstić information content (AvgIpc) is 3.01. The van der Waals surface area contributed by atoms with E-state index >= 15 is 0 Å². The van der Waals surface area contributed by atoms with Crippen molar-refractivity contribution in [1.82, 2.24) is 10.1 Å². The van der Waals surface area contributed by atoms with Crippen LogP contribution in [-0.4, -0.2) is 30.8 Å². The Labute approximate surface area is 181 Å². The number of likely N-dealkylation sites (tertiary alicyclic amines) is 1. The number of nitrogens with zero attached hydrogens (tertiary/aromatic N) is 2. The van der Waals surface area contributed by atoms with Gasteiger partial charge in [0.15, 0.2) is 6.34 Å². The molecule has 1 aromatic rings. The molecule has 0 spiro atoms. The van der Waals surface area contributed by atoms with Crippen molar-refractivity contribution in [1.29, 1.82) is 0 Å². The molecule has 6 heteroatoms. The standard InChI is InChI=1S/C23H35N4PS/c1-5-26(6-2)28(29)22-20(24-27(28)19-13-9-7-10-14-19)17-23(3,4)18-21(22)25-15-11-8-12-16-25/h7,9-10,13-14,17,24H,5-6,8,11-12,15-16,18H2,1-4H3/p+1/t28-/m1/s1. The van der Waals surface area contributed by atoms with E-state index in [1.165, 1.54) is 49.1 Å². The van der Waals surface area contributed by atoms with Crippen molar-refractivity contribution in [2.24, 2.45) is 5.41 Å². The van der Waals surface area contributed by atoms with Crippen molar-refractivity contribution >= 4 is 23.8 Å². The van der Waals surface area contributed by atoms with Crippen LogP contribution in [0.3, 0.4) is 0 Å². The lowest BCUT2D eigenvalue weighted by atomic mass is 9.82. The summed E-state index contributed by atoms with van der Waals surface area (Å²) in [6.07, 6.45) is 5.45. The summed E-state index contributed by atoms with van der Waals surface area (Å²) < 4.78 is 4.89. The summed E-state index contributed by atoms with van der Waals surface area (Å²) in [6.45, 7) is 13.7. The highest BCUT2D eigenvalue weighted by atomic mass is 32.4. The zero-order valence-electron chi connectivity index (χ0n) is 18.4. The van der Waals surface area contributed by atoms with Crippen molar-refractivity contribution in [3.8, 4) is 0 Å². The summed E-state index contributed by atoms with van der Waals surface area (Å²) in [6, 6.07) is 10.7. The molecule has 4 nitrogen and oxygen atoms in total. The Bertz CT molecular complexity index is 851. The van der Waals surface area contributed by atoms with Crippen molar-refractivity contribution in [2.75, 3.05) is 31.0 Å². The summed E-state index contributed by atoms with van der Waals surface area (Å²) in [5, 5.41) is 1.45. The average molecular weight is 432 g/mol. The normalized spacial score (nSPS) is 27.1. The van der Waals surface area contributed by atoms with Crippen molar-refractivity contribution in [3.63, 3.8) is 0 Å². The maximum Gasteiger partial charge on any atom is 0.156 e. The molecule has 4 rings (SSSR count). The van der Waals surface area contributed by atoms with E-state index in [9.17, 15) is 0 Å². The van der Waals surface area contributed by atoms with Gasteiger partial charge in [0, 0.05) is 19.5 Å². The minimum absolute atomic E-state index is 0.154. The highest BCUT2D eigenvalue weighted by Crippen LogP contribution is 2.68. The van der Waals surface area contributed by atoms with Crippen LogP contribution in [0.4, 0.5) is 5.69 Å². The van der Waals surface area contributed by atoms with Crippen LogP contribution >= 0.6 is 6.34 Å². The molecule has 0 radical (unpaired) electrons. The van der Waals surface area contributed by atoms with E-state index in [1.54, 1.807) is 10.6 Å². The lowest BCUT2D eigenvalue weighted by Gasteiger charge is -2.40. The highest BCUT2D eigenvalue weighted by molar-refractivity contribution is 8.16. The Balaban J connectivity index is 1.92. The molecular weight excluding hydrogens is 395 g/mol. The van der Waals surface area contributed by atoms with Crippen LogP contribution in [0.15, 0.2) is 53.1 Å². The number of para-hydroxylation sites is 1. The number of fused-ring (bicyclic) bond motifs is 1. The predicted octanol–water partition coefficient (Wildman–Crippen LogP) is 4.26. The Kier molecular flexibility index (Phi) is 5.96. The first-order valence-corrected chi connectivity index (χ1v) is 13.9.